The second-order valence-corrected chi connectivity index (χ2v) is 6.67. The summed E-state index contributed by atoms with van der Waals surface area (Å²) in [6.07, 6.45) is 7.36. The number of carbonyl (C=O) groups excluding carboxylic acids is 1. The maximum Gasteiger partial charge on any atom is 0.254 e. The number of nitrogens with zero attached hydrogens (tertiary/aromatic N) is 4. The van der Waals surface area contributed by atoms with E-state index >= 15 is 0 Å². The van der Waals surface area contributed by atoms with Crippen molar-refractivity contribution in [3.05, 3.63) is 36.4 Å². The summed E-state index contributed by atoms with van der Waals surface area (Å²) in [5.74, 6) is 1.46. The Kier molecular flexibility index (Phi) is 3.01. The van der Waals surface area contributed by atoms with Gasteiger partial charge in [-0.15, -0.1) is 0 Å². The lowest BCUT2D eigenvalue weighted by molar-refractivity contribution is 0.0523. The van der Waals surface area contributed by atoms with Gasteiger partial charge in [-0.25, -0.2) is 9.67 Å². The van der Waals surface area contributed by atoms with E-state index in [-0.39, 0.29) is 24.8 Å². The summed E-state index contributed by atoms with van der Waals surface area (Å²) in [6.45, 7) is 0.224. The monoisotopic (exact) mass is 326 g/mol. The summed E-state index contributed by atoms with van der Waals surface area (Å²) in [6, 6.07) is 6.34. The molecule has 3 aliphatic rings. The topological polar surface area (TPSA) is 69.5 Å². The van der Waals surface area contributed by atoms with Gasteiger partial charge in [0.2, 0.25) is 6.79 Å². The molecule has 1 amide bonds. The standard InChI is InChI=1S/C17H18N4O3/c22-17(11-1-4-15-16(5-11)24-10-23-15)21-12-2-3-13(21)7-14(6-12)20-9-18-8-19-20/h1,4-5,8-9,12-14H,2-3,6-7,10H2. The fourth-order valence-corrected chi connectivity index (χ4v) is 4.28. The van der Waals surface area contributed by atoms with E-state index in [0.29, 0.717) is 23.1 Å². The molecular formula is C17H18N4O3. The molecule has 24 heavy (non-hydrogen) atoms. The van der Waals surface area contributed by atoms with Crippen LogP contribution in [0.25, 0.3) is 0 Å². The molecule has 124 valence electrons. The van der Waals surface area contributed by atoms with Crippen molar-refractivity contribution in [3.8, 4) is 11.5 Å². The van der Waals surface area contributed by atoms with Crippen molar-refractivity contribution in [1.29, 1.82) is 0 Å². The molecule has 2 aromatic rings. The number of rotatable bonds is 2. The maximum absolute atomic E-state index is 13.0. The minimum Gasteiger partial charge on any atom is -0.454 e. The van der Waals surface area contributed by atoms with Crippen LogP contribution in [0, 0.1) is 0 Å². The minimum atomic E-state index is 0.0952. The van der Waals surface area contributed by atoms with Crippen LogP contribution in [0.15, 0.2) is 30.9 Å². The van der Waals surface area contributed by atoms with Gasteiger partial charge in [-0.3, -0.25) is 4.79 Å². The second-order valence-electron chi connectivity index (χ2n) is 6.67. The molecule has 0 radical (unpaired) electrons. The van der Waals surface area contributed by atoms with Crippen LogP contribution in [-0.4, -0.2) is 44.4 Å². The van der Waals surface area contributed by atoms with E-state index in [4.69, 9.17) is 9.47 Å². The van der Waals surface area contributed by atoms with Gasteiger partial charge in [-0.2, -0.15) is 5.10 Å². The summed E-state index contributed by atoms with van der Waals surface area (Å²) in [5, 5.41) is 4.28. The molecular weight excluding hydrogens is 308 g/mol. The zero-order chi connectivity index (χ0) is 16.1. The molecule has 2 saturated heterocycles. The number of hydrogen-bond acceptors (Lipinski definition) is 5. The van der Waals surface area contributed by atoms with Gasteiger partial charge in [-0.05, 0) is 43.9 Å². The molecule has 2 atom stereocenters. The van der Waals surface area contributed by atoms with E-state index in [1.807, 2.05) is 16.8 Å². The van der Waals surface area contributed by atoms with Crippen molar-refractivity contribution in [2.75, 3.05) is 6.79 Å². The van der Waals surface area contributed by atoms with Crippen molar-refractivity contribution in [1.82, 2.24) is 19.7 Å². The largest absolute Gasteiger partial charge is 0.454 e. The lowest BCUT2D eigenvalue weighted by Gasteiger charge is -2.39. The first-order valence-electron chi connectivity index (χ1n) is 8.36. The van der Waals surface area contributed by atoms with Crippen LogP contribution in [0.4, 0.5) is 0 Å². The number of amides is 1. The summed E-state index contributed by atoms with van der Waals surface area (Å²) in [4.78, 5) is 19.2. The van der Waals surface area contributed by atoms with Crippen LogP contribution in [0.2, 0.25) is 0 Å². The van der Waals surface area contributed by atoms with E-state index in [2.05, 4.69) is 15.0 Å². The third-order valence-electron chi connectivity index (χ3n) is 5.37. The lowest BCUT2D eigenvalue weighted by Crippen LogP contribution is -2.47. The molecule has 0 N–H and O–H groups in total. The van der Waals surface area contributed by atoms with E-state index in [9.17, 15) is 4.79 Å². The smallest absolute Gasteiger partial charge is 0.254 e. The Morgan fingerprint density at radius 1 is 1.08 bits per heavy atom. The number of benzene rings is 1. The first-order valence-corrected chi connectivity index (χ1v) is 8.36. The summed E-state index contributed by atoms with van der Waals surface area (Å²) >= 11 is 0. The van der Waals surface area contributed by atoms with E-state index in [0.717, 1.165) is 25.7 Å². The summed E-state index contributed by atoms with van der Waals surface area (Å²) in [5.41, 5.74) is 0.676. The molecule has 4 heterocycles. The van der Waals surface area contributed by atoms with Crippen molar-refractivity contribution in [3.63, 3.8) is 0 Å². The average Bonchev–Trinajstić information content (AvgIpc) is 3.33. The van der Waals surface area contributed by atoms with Crippen LogP contribution in [0.5, 0.6) is 11.5 Å². The number of carbonyl (C=O) groups is 1. The molecule has 0 spiro atoms. The third kappa shape index (κ3) is 2.07. The molecule has 7 nitrogen and oxygen atoms in total. The predicted octanol–water partition coefficient (Wildman–Crippen LogP) is 2.02. The predicted molar refractivity (Wildman–Crippen MR) is 83.8 cm³/mol. The Hall–Kier alpha value is -2.57. The van der Waals surface area contributed by atoms with Crippen LogP contribution < -0.4 is 9.47 Å². The van der Waals surface area contributed by atoms with Crippen LogP contribution in [0.3, 0.4) is 0 Å². The highest BCUT2D eigenvalue weighted by Crippen LogP contribution is 2.42. The van der Waals surface area contributed by atoms with E-state index in [1.165, 1.54) is 0 Å². The van der Waals surface area contributed by atoms with Crippen molar-refractivity contribution in [2.24, 2.45) is 0 Å². The minimum absolute atomic E-state index is 0.0952. The van der Waals surface area contributed by atoms with Crippen molar-refractivity contribution in [2.45, 2.75) is 43.8 Å². The first-order chi connectivity index (χ1) is 11.8. The van der Waals surface area contributed by atoms with Gasteiger partial charge in [0, 0.05) is 17.6 Å². The molecule has 2 fully saturated rings. The number of ether oxygens (including phenoxy) is 2. The Morgan fingerprint density at radius 3 is 2.62 bits per heavy atom. The molecule has 5 rings (SSSR count). The fraction of sp³-hybridized carbons (Fsp3) is 0.471. The Balaban J connectivity index is 1.39. The van der Waals surface area contributed by atoms with Gasteiger partial charge < -0.3 is 14.4 Å². The van der Waals surface area contributed by atoms with E-state index in [1.54, 1.807) is 18.7 Å². The molecule has 0 saturated carbocycles. The summed E-state index contributed by atoms with van der Waals surface area (Å²) < 4.78 is 12.7. The zero-order valence-electron chi connectivity index (χ0n) is 13.2. The van der Waals surface area contributed by atoms with Crippen LogP contribution in [-0.2, 0) is 0 Å². The molecule has 0 aliphatic carbocycles. The quantitative estimate of drug-likeness (QED) is 0.844. The van der Waals surface area contributed by atoms with Crippen LogP contribution >= 0.6 is 0 Å². The van der Waals surface area contributed by atoms with Gasteiger partial charge in [0.25, 0.3) is 5.91 Å². The second kappa shape index (κ2) is 5.22. The number of piperidine rings is 1. The average molecular weight is 326 g/mol. The fourth-order valence-electron chi connectivity index (χ4n) is 4.28. The number of fused-ring (bicyclic) bond motifs is 3. The van der Waals surface area contributed by atoms with Crippen molar-refractivity contribution < 1.29 is 14.3 Å². The van der Waals surface area contributed by atoms with Crippen LogP contribution in [0.1, 0.15) is 42.1 Å². The van der Waals surface area contributed by atoms with Gasteiger partial charge in [0.15, 0.2) is 11.5 Å². The molecule has 2 bridgehead atoms. The highest BCUT2D eigenvalue weighted by Gasteiger charge is 2.44. The highest BCUT2D eigenvalue weighted by atomic mass is 16.7. The Labute approximate surface area is 139 Å². The molecule has 1 aromatic heterocycles. The van der Waals surface area contributed by atoms with Gasteiger partial charge in [0.1, 0.15) is 12.7 Å². The van der Waals surface area contributed by atoms with Gasteiger partial charge in [-0.1, -0.05) is 0 Å². The van der Waals surface area contributed by atoms with E-state index < -0.39 is 0 Å². The highest BCUT2D eigenvalue weighted by molar-refractivity contribution is 5.95. The summed E-state index contributed by atoms with van der Waals surface area (Å²) in [7, 11) is 0. The lowest BCUT2D eigenvalue weighted by atomic mass is 9.96. The third-order valence-corrected chi connectivity index (χ3v) is 5.37. The zero-order valence-corrected chi connectivity index (χ0v) is 13.2. The molecule has 2 unspecified atom stereocenters. The maximum atomic E-state index is 13.0. The number of hydrogen-bond donors (Lipinski definition) is 0. The Bertz CT molecular complexity index is 762. The Morgan fingerprint density at radius 2 is 1.88 bits per heavy atom. The van der Waals surface area contributed by atoms with Gasteiger partial charge >= 0.3 is 0 Å². The van der Waals surface area contributed by atoms with Gasteiger partial charge in [0.05, 0.1) is 6.04 Å². The SMILES string of the molecule is O=C(c1ccc2c(c1)OCO2)N1C2CCC1CC(n1cncn1)C2. The number of aromatic nitrogens is 3. The first kappa shape index (κ1) is 13.8. The molecule has 3 aliphatic heterocycles. The normalized spacial score (nSPS) is 27.5. The molecule has 7 heteroatoms. The van der Waals surface area contributed by atoms with Crippen molar-refractivity contribution >= 4 is 5.91 Å². The molecule has 1 aromatic carbocycles.